The summed E-state index contributed by atoms with van der Waals surface area (Å²) in [5, 5.41) is 3.99. The number of hydrogen-bond donors (Lipinski definition) is 1. The van der Waals surface area contributed by atoms with E-state index >= 15 is 0 Å². The summed E-state index contributed by atoms with van der Waals surface area (Å²) in [6, 6.07) is 11.7. The van der Waals surface area contributed by atoms with Gasteiger partial charge in [-0.25, -0.2) is 4.98 Å². The molecule has 20 heavy (non-hydrogen) atoms. The number of oxazole rings is 1. The maximum atomic E-state index is 5.86. The highest BCUT2D eigenvalue weighted by atomic mass is 35.5. The molecule has 0 fully saturated rings. The second kappa shape index (κ2) is 5.17. The first-order valence-electron chi connectivity index (χ1n) is 6.48. The van der Waals surface area contributed by atoms with Gasteiger partial charge in [-0.2, -0.15) is 0 Å². The monoisotopic (exact) mass is 286 g/mol. The quantitative estimate of drug-likeness (QED) is 0.758. The molecule has 1 N–H and O–H groups in total. The summed E-state index contributed by atoms with van der Waals surface area (Å²) < 4.78 is 5.80. The first kappa shape index (κ1) is 13.0. The number of rotatable bonds is 3. The summed E-state index contributed by atoms with van der Waals surface area (Å²) >= 11 is 5.86. The van der Waals surface area contributed by atoms with Crippen molar-refractivity contribution in [3.63, 3.8) is 0 Å². The molecule has 1 heterocycles. The fraction of sp³-hybridized carbons (Fsp3) is 0.188. The Kier molecular flexibility index (Phi) is 3.36. The van der Waals surface area contributed by atoms with Crippen LogP contribution in [-0.4, -0.2) is 4.98 Å². The highest BCUT2D eigenvalue weighted by Gasteiger charge is 2.08. The van der Waals surface area contributed by atoms with Crippen LogP contribution in [0.3, 0.4) is 0 Å². The summed E-state index contributed by atoms with van der Waals surface area (Å²) in [5.74, 6) is 0.684. The fourth-order valence-corrected chi connectivity index (χ4v) is 2.37. The van der Waals surface area contributed by atoms with Crippen molar-refractivity contribution in [3.05, 3.63) is 58.4 Å². The third kappa shape index (κ3) is 2.63. The van der Waals surface area contributed by atoms with Gasteiger partial charge in [0.25, 0.3) is 0 Å². The molecule has 0 aliphatic rings. The van der Waals surface area contributed by atoms with E-state index in [-0.39, 0.29) is 0 Å². The van der Waals surface area contributed by atoms with Gasteiger partial charge in [-0.15, -0.1) is 0 Å². The minimum atomic E-state index is 0.550. The van der Waals surface area contributed by atoms with Gasteiger partial charge in [0, 0.05) is 10.7 Å². The molecule has 102 valence electrons. The van der Waals surface area contributed by atoms with Gasteiger partial charge in [0.2, 0.25) is 5.89 Å². The van der Waals surface area contributed by atoms with Crippen LogP contribution in [0, 0.1) is 13.8 Å². The van der Waals surface area contributed by atoms with Crippen molar-refractivity contribution in [1.29, 1.82) is 0 Å². The number of anilines is 1. The molecule has 0 aliphatic heterocycles. The molecule has 3 rings (SSSR count). The summed E-state index contributed by atoms with van der Waals surface area (Å²) in [7, 11) is 0. The molecule has 0 saturated heterocycles. The van der Waals surface area contributed by atoms with Gasteiger partial charge in [-0.3, -0.25) is 0 Å². The van der Waals surface area contributed by atoms with Gasteiger partial charge in [0.1, 0.15) is 5.52 Å². The third-order valence-corrected chi connectivity index (χ3v) is 3.40. The Balaban J connectivity index is 1.81. The molecule has 3 aromatic rings. The average molecular weight is 287 g/mol. The van der Waals surface area contributed by atoms with E-state index in [0.717, 1.165) is 27.4 Å². The minimum absolute atomic E-state index is 0.550. The van der Waals surface area contributed by atoms with Crippen LogP contribution in [0.4, 0.5) is 5.69 Å². The molecule has 0 radical (unpaired) electrons. The van der Waals surface area contributed by atoms with Crippen molar-refractivity contribution >= 4 is 28.4 Å². The largest absolute Gasteiger partial charge is 0.438 e. The van der Waals surface area contributed by atoms with Crippen molar-refractivity contribution in [1.82, 2.24) is 4.98 Å². The van der Waals surface area contributed by atoms with Crippen LogP contribution in [0.5, 0.6) is 0 Å². The topological polar surface area (TPSA) is 38.1 Å². The molecule has 0 spiro atoms. The lowest BCUT2D eigenvalue weighted by Crippen LogP contribution is -1.98. The zero-order chi connectivity index (χ0) is 14.1. The molecule has 0 saturated carbocycles. The molecule has 0 amide bonds. The van der Waals surface area contributed by atoms with E-state index in [1.165, 1.54) is 5.56 Å². The SMILES string of the molecule is Cc1cc(C)c2oc(CNc3ccc(Cl)cc3)nc2c1. The number of nitrogens with zero attached hydrogens (tertiary/aromatic N) is 1. The van der Waals surface area contributed by atoms with Gasteiger partial charge in [-0.05, 0) is 55.3 Å². The van der Waals surface area contributed by atoms with Crippen molar-refractivity contribution in [3.8, 4) is 0 Å². The molecule has 2 aromatic carbocycles. The van der Waals surface area contributed by atoms with Gasteiger partial charge in [0.15, 0.2) is 5.58 Å². The third-order valence-electron chi connectivity index (χ3n) is 3.15. The van der Waals surface area contributed by atoms with Gasteiger partial charge in [-0.1, -0.05) is 17.7 Å². The average Bonchev–Trinajstić information content (AvgIpc) is 2.81. The molecular formula is C16H15ClN2O. The first-order chi connectivity index (χ1) is 9.61. The van der Waals surface area contributed by atoms with Crippen LogP contribution < -0.4 is 5.32 Å². The Morgan fingerprint density at radius 2 is 1.90 bits per heavy atom. The Hall–Kier alpha value is -2.00. The minimum Gasteiger partial charge on any atom is -0.438 e. The molecule has 4 heteroatoms. The number of nitrogens with one attached hydrogen (secondary N) is 1. The van der Waals surface area contributed by atoms with E-state index in [4.69, 9.17) is 16.0 Å². The van der Waals surface area contributed by atoms with Crippen molar-refractivity contribution < 1.29 is 4.42 Å². The van der Waals surface area contributed by atoms with Crippen molar-refractivity contribution in [2.45, 2.75) is 20.4 Å². The van der Waals surface area contributed by atoms with Crippen molar-refractivity contribution in [2.24, 2.45) is 0 Å². The smallest absolute Gasteiger partial charge is 0.214 e. The summed E-state index contributed by atoms with van der Waals surface area (Å²) in [4.78, 5) is 4.51. The molecule has 3 nitrogen and oxygen atoms in total. The highest BCUT2D eigenvalue weighted by Crippen LogP contribution is 2.22. The standard InChI is InChI=1S/C16H15ClN2O/c1-10-7-11(2)16-14(8-10)19-15(20-16)9-18-13-5-3-12(17)4-6-13/h3-8,18H,9H2,1-2H3. The lowest BCUT2D eigenvalue weighted by molar-refractivity contribution is 0.539. The van der Waals surface area contributed by atoms with Gasteiger partial charge >= 0.3 is 0 Å². The maximum absolute atomic E-state index is 5.86. The second-order valence-electron chi connectivity index (χ2n) is 4.90. The second-order valence-corrected chi connectivity index (χ2v) is 5.33. The van der Waals surface area contributed by atoms with E-state index in [1.54, 1.807) is 0 Å². The van der Waals surface area contributed by atoms with E-state index in [9.17, 15) is 0 Å². The van der Waals surface area contributed by atoms with Crippen molar-refractivity contribution in [2.75, 3.05) is 5.32 Å². The van der Waals surface area contributed by atoms with E-state index < -0.39 is 0 Å². The zero-order valence-corrected chi connectivity index (χ0v) is 12.2. The normalized spacial score (nSPS) is 10.9. The number of aryl methyl sites for hydroxylation is 2. The summed E-state index contributed by atoms with van der Waals surface area (Å²) in [5.41, 5.74) is 5.08. The molecule has 0 bridgehead atoms. The Morgan fingerprint density at radius 1 is 1.15 bits per heavy atom. The Morgan fingerprint density at radius 3 is 2.65 bits per heavy atom. The zero-order valence-electron chi connectivity index (χ0n) is 11.4. The molecule has 0 aliphatic carbocycles. The molecule has 0 unspecified atom stereocenters. The summed E-state index contributed by atoms with van der Waals surface area (Å²) in [6.45, 7) is 4.65. The lowest BCUT2D eigenvalue weighted by atomic mass is 10.1. The fourth-order valence-electron chi connectivity index (χ4n) is 2.24. The number of hydrogen-bond acceptors (Lipinski definition) is 3. The summed E-state index contributed by atoms with van der Waals surface area (Å²) in [6.07, 6.45) is 0. The van der Waals surface area contributed by atoms with Gasteiger partial charge < -0.3 is 9.73 Å². The Bertz CT molecular complexity index is 747. The number of fused-ring (bicyclic) bond motifs is 1. The van der Waals surface area contributed by atoms with E-state index in [0.29, 0.717) is 12.4 Å². The molecule has 0 atom stereocenters. The van der Waals surface area contributed by atoms with Crippen LogP contribution in [0.25, 0.3) is 11.1 Å². The van der Waals surface area contributed by atoms with Crippen LogP contribution in [-0.2, 0) is 6.54 Å². The van der Waals surface area contributed by atoms with Crippen LogP contribution >= 0.6 is 11.6 Å². The number of aromatic nitrogens is 1. The number of benzene rings is 2. The predicted octanol–water partition coefficient (Wildman–Crippen LogP) is 4.71. The van der Waals surface area contributed by atoms with E-state index in [1.807, 2.05) is 37.3 Å². The maximum Gasteiger partial charge on any atom is 0.214 e. The molecule has 1 aromatic heterocycles. The van der Waals surface area contributed by atoms with Crippen LogP contribution in [0.1, 0.15) is 17.0 Å². The van der Waals surface area contributed by atoms with Crippen LogP contribution in [0.15, 0.2) is 40.8 Å². The van der Waals surface area contributed by atoms with Gasteiger partial charge in [0.05, 0.1) is 6.54 Å². The predicted molar refractivity (Wildman–Crippen MR) is 82.3 cm³/mol. The Labute approximate surface area is 122 Å². The highest BCUT2D eigenvalue weighted by molar-refractivity contribution is 6.30. The molecular weight excluding hydrogens is 272 g/mol. The lowest BCUT2D eigenvalue weighted by Gasteiger charge is -2.02. The number of halogens is 1. The first-order valence-corrected chi connectivity index (χ1v) is 6.86. The van der Waals surface area contributed by atoms with E-state index in [2.05, 4.69) is 23.3 Å². The van der Waals surface area contributed by atoms with Crippen LogP contribution in [0.2, 0.25) is 5.02 Å².